The molecule has 0 spiro atoms. The fourth-order valence-electron chi connectivity index (χ4n) is 1.99. The first kappa shape index (κ1) is 16.2. The summed E-state index contributed by atoms with van der Waals surface area (Å²) in [4.78, 5) is 0. The van der Waals surface area contributed by atoms with E-state index in [1.54, 1.807) is 0 Å². The van der Waals surface area contributed by atoms with Gasteiger partial charge in [0.1, 0.15) is 0 Å². The monoisotopic (exact) mass is 263 g/mol. The average molecular weight is 263 g/mol. The zero-order chi connectivity index (χ0) is 14.3. The lowest BCUT2D eigenvalue weighted by molar-refractivity contribution is -0.0143. The van der Waals surface area contributed by atoms with Crippen LogP contribution in [0.25, 0.3) is 0 Å². The summed E-state index contributed by atoms with van der Waals surface area (Å²) in [5.41, 5.74) is 2.70. The third-order valence-corrected chi connectivity index (χ3v) is 3.13. The second-order valence-electron chi connectivity index (χ2n) is 6.21. The van der Waals surface area contributed by atoms with Crippen molar-refractivity contribution < 1.29 is 4.74 Å². The van der Waals surface area contributed by atoms with Gasteiger partial charge in [-0.1, -0.05) is 31.2 Å². The lowest BCUT2D eigenvalue weighted by Crippen LogP contribution is -2.38. The zero-order valence-corrected chi connectivity index (χ0v) is 13.1. The summed E-state index contributed by atoms with van der Waals surface area (Å²) in [5, 5.41) is 3.59. The molecule has 1 rings (SSSR count). The van der Waals surface area contributed by atoms with Gasteiger partial charge in [-0.3, -0.25) is 0 Å². The molecular formula is C17H29NO. The number of benzene rings is 1. The van der Waals surface area contributed by atoms with E-state index in [9.17, 15) is 0 Å². The van der Waals surface area contributed by atoms with Crippen LogP contribution in [0.2, 0.25) is 0 Å². The molecule has 2 nitrogen and oxygen atoms in total. The molecule has 0 amide bonds. The molecule has 0 aromatic heterocycles. The highest BCUT2D eigenvalue weighted by molar-refractivity contribution is 5.26. The molecule has 19 heavy (non-hydrogen) atoms. The molecule has 0 radical (unpaired) electrons. The average Bonchev–Trinajstić information content (AvgIpc) is 2.34. The molecule has 1 aromatic rings. The van der Waals surface area contributed by atoms with Crippen molar-refractivity contribution in [3.63, 3.8) is 0 Å². The van der Waals surface area contributed by atoms with Crippen molar-refractivity contribution in [2.24, 2.45) is 0 Å². The Morgan fingerprint density at radius 1 is 1.21 bits per heavy atom. The van der Waals surface area contributed by atoms with Crippen molar-refractivity contribution >= 4 is 0 Å². The fraction of sp³-hybridized carbons (Fsp3) is 0.647. The van der Waals surface area contributed by atoms with E-state index in [0.717, 1.165) is 26.0 Å². The largest absolute Gasteiger partial charge is 0.374 e. The summed E-state index contributed by atoms with van der Waals surface area (Å²) in [6.07, 6.45) is 2.18. The normalized spacial score (nSPS) is 13.5. The standard InChI is InChI=1S/C17H29NO/c1-6-11-18-16(13-19-17(3,4)5)12-15-10-8-7-9-14(15)2/h7-10,16,18H,6,11-13H2,1-5H3. The maximum Gasteiger partial charge on any atom is 0.0629 e. The third-order valence-electron chi connectivity index (χ3n) is 3.13. The minimum absolute atomic E-state index is 0.0716. The predicted molar refractivity (Wildman–Crippen MR) is 82.7 cm³/mol. The number of hydrogen-bond donors (Lipinski definition) is 1. The second kappa shape index (κ2) is 7.66. The van der Waals surface area contributed by atoms with Gasteiger partial charge in [-0.25, -0.2) is 0 Å². The van der Waals surface area contributed by atoms with Crippen molar-refractivity contribution in [1.29, 1.82) is 0 Å². The topological polar surface area (TPSA) is 21.3 Å². The SMILES string of the molecule is CCCNC(COC(C)(C)C)Cc1ccccc1C. The Kier molecular flexibility index (Phi) is 6.53. The summed E-state index contributed by atoms with van der Waals surface area (Å²) < 4.78 is 5.94. The molecule has 108 valence electrons. The maximum absolute atomic E-state index is 5.94. The Morgan fingerprint density at radius 2 is 1.89 bits per heavy atom. The Balaban J connectivity index is 2.61. The van der Waals surface area contributed by atoms with Crippen LogP contribution in [0.15, 0.2) is 24.3 Å². The van der Waals surface area contributed by atoms with Gasteiger partial charge in [-0.15, -0.1) is 0 Å². The van der Waals surface area contributed by atoms with Crippen LogP contribution in [0, 0.1) is 6.92 Å². The van der Waals surface area contributed by atoms with Gasteiger partial charge < -0.3 is 10.1 Å². The molecule has 0 aliphatic carbocycles. The summed E-state index contributed by atoms with van der Waals surface area (Å²) in [5.74, 6) is 0. The highest BCUT2D eigenvalue weighted by atomic mass is 16.5. The van der Waals surface area contributed by atoms with E-state index in [1.807, 2.05) is 0 Å². The van der Waals surface area contributed by atoms with Crippen molar-refractivity contribution in [2.45, 2.75) is 59.1 Å². The van der Waals surface area contributed by atoms with Crippen LogP contribution in [0.4, 0.5) is 0 Å². The van der Waals surface area contributed by atoms with E-state index in [0.29, 0.717) is 6.04 Å². The molecular weight excluding hydrogens is 234 g/mol. The first-order valence-electron chi connectivity index (χ1n) is 7.34. The number of aryl methyl sites for hydroxylation is 1. The van der Waals surface area contributed by atoms with Gasteiger partial charge in [-0.05, 0) is 58.2 Å². The molecule has 0 saturated carbocycles. The predicted octanol–water partition coefficient (Wildman–Crippen LogP) is 3.72. The molecule has 1 atom stereocenters. The van der Waals surface area contributed by atoms with Gasteiger partial charge in [0, 0.05) is 6.04 Å². The first-order chi connectivity index (χ1) is 8.92. The molecule has 0 saturated heterocycles. The quantitative estimate of drug-likeness (QED) is 0.809. The molecule has 0 fully saturated rings. The Bertz CT molecular complexity index is 368. The van der Waals surface area contributed by atoms with E-state index in [1.165, 1.54) is 11.1 Å². The maximum atomic E-state index is 5.94. The van der Waals surface area contributed by atoms with Crippen molar-refractivity contribution in [1.82, 2.24) is 5.32 Å². The van der Waals surface area contributed by atoms with Crippen molar-refractivity contribution in [3.05, 3.63) is 35.4 Å². The molecule has 0 aliphatic rings. The molecule has 0 aliphatic heterocycles. The highest BCUT2D eigenvalue weighted by Gasteiger charge is 2.16. The number of hydrogen-bond acceptors (Lipinski definition) is 2. The third kappa shape index (κ3) is 6.74. The molecule has 1 aromatic carbocycles. The van der Waals surface area contributed by atoms with Crippen LogP contribution >= 0.6 is 0 Å². The lowest BCUT2D eigenvalue weighted by atomic mass is 10.0. The van der Waals surface area contributed by atoms with Crippen LogP contribution in [0.5, 0.6) is 0 Å². The van der Waals surface area contributed by atoms with Gasteiger partial charge in [0.05, 0.1) is 12.2 Å². The van der Waals surface area contributed by atoms with Gasteiger partial charge in [-0.2, -0.15) is 0 Å². The summed E-state index contributed by atoms with van der Waals surface area (Å²) in [7, 11) is 0. The van der Waals surface area contributed by atoms with E-state index in [-0.39, 0.29) is 5.60 Å². The van der Waals surface area contributed by atoms with Gasteiger partial charge in [0.15, 0.2) is 0 Å². The van der Waals surface area contributed by atoms with E-state index < -0.39 is 0 Å². The number of rotatable bonds is 7. The second-order valence-corrected chi connectivity index (χ2v) is 6.21. The minimum Gasteiger partial charge on any atom is -0.374 e. The van der Waals surface area contributed by atoms with Gasteiger partial charge in [0.2, 0.25) is 0 Å². The highest BCUT2D eigenvalue weighted by Crippen LogP contribution is 2.13. The van der Waals surface area contributed by atoms with Crippen LogP contribution in [0.1, 0.15) is 45.2 Å². The zero-order valence-electron chi connectivity index (χ0n) is 13.1. The van der Waals surface area contributed by atoms with Crippen LogP contribution < -0.4 is 5.32 Å². The molecule has 0 bridgehead atoms. The summed E-state index contributed by atoms with van der Waals surface area (Å²) in [6, 6.07) is 8.99. The van der Waals surface area contributed by atoms with E-state index >= 15 is 0 Å². The van der Waals surface area contributed by atoms with Crippen LogP contribution in [-0.4, -0.2) is 24.8 Å². The lowest BCUT2D eigenvalue weighted by Gasteiger charge is -2.25. The van der Waals surface area contributed by atoms with Crippen molar-refractivity contribution in [3.8, 4) is 0 Å². The molecule has 1 unspecified atom stereocenters. The minimum atomic E-state index is -0.0716. The Morgan fingerprint density at radius 3 is 2.47 bits per heavy atom. The molecule has 2 heteroatoms. The van der Waals surface area contributed by atoms with Crippen molar-refractivity contribution in [2.75, 3.05) is 13.2 Å². The summed E-state index contributed by atoms with van der Waals surface area (Å²) >= 11 is 0. The van der Waals surface area contributed by atoms with E-state index in [2.05, 4.69) is 64.2 Å². The van der Waals surface area contributed by atoms with Gasteiger partial charge in [0.25, 0.3) is 0 Å². The Hall–Kier alpha value is -0.860. The molecule has 1 N–H and O–H groups in total. The molecule has 0 heterocycles. The van der Waals surface area contributed by atoms with Gasteiger partial charge >= 0.3 is 0 Å². The number of nitrogens with one attached hydrogen (secondary N) is 1. The first-order valence-corrected chi connectivity index (χ1v) is 7.34. The van der Waals surface area contributed by atoms with Crippen LogP contribution in [0.3, 0.4) is 0 Å². The van der Waals surface area contributed by atoms with E-state index in [4.69, 9.17) is 4.74 Å². The van der Waals surface area contributed by atoms with Crippen LogP contribution in [-0.2, 0) is 11.2 Å². The Labute approximate surface area is 118 Å². The fourth-order valence-corrected chi connectivity index (χ4v) is 1.99. The smallest absolute Gasteiger partial charge is 0.0629 e. The number of ether oxygens (including phenoxy) is 1. The summed E-state index contributed by atoms with van der Waals surface area (Å²) in [6.45, 7) is 12.5.